The molecule has 0 saturated heterocycles. The molecule has 5 heteroatoms. The Balaban J connectivity index is 1.61. The number of ether oxygens (including phenoxy) is 1. The van der Waals surface area contributed by atoms with Crippen LogP contribution in [0.3, 0.4) is 0 Å². The van der Waals surface area contributed by atoms with E-state index in [1.54, 1.807) is 6.07 Å². The van der Waals surface area contributed by atoms with Gasteiger partial charge in [0.15, 0.2) is 11.6 Å². The van der Waals surface area contributed by atoms with Crippen LogP contribution in [0.25, 0.3) is 0 Å². The second kappa shape index (κ2) is 9.85. The predicted octanol–water partition coefficient (Wildman–Crippen LogP) is 3.69. The predicted molar refractivity (Wildman–Crippen MR) is 113 cm³/mol. The van der Waals surface area contributed by atoms with Gasteiger partial charge in [0.1, 0.15) is 13.1 Å². The molecule has 3 aromatic carbocycles. The molecule has 0 fully saturated rings. The number of quaternary nitrogens is 1. The Morgan fingerprint density at radius 3 is 2.24 bits per heavy atom. The molecule has 0 bridgehead atoms. The van der Waals surface area contributed by atoms with Crippen molar-refractivity contribution in [3.8, 4) is 5.75 Å². The summed E-state index contributed by atoms with van der Waals surface area (Å²) in [6, 6.07) is 22.1. The van der Waals surface area contributed by atoms with Crippen LogP contribution in [0, 0.1) is 5.82 Å². The van der Waals surface area contributed by atoms with Crippen molar-refractivity contribution in [2.75, 3.05) is 19.0 Å². The minimum Gasteiger partial charge on any atom is -0.494 e. The lowest BCUT2D eigenvalue weighted by atomic mass is 10.1. The molecule has 3 aromatic rings. The molecule has 0 aliphatic rings. The fourth-order valence-electron chi connectivity index (χ4n) is 3.21. The van der Waals surface area contributed by atoms with Crippen LogP contribution in [-0.2, 0) is 13.1 Å². The summed E-state index contributed by atoms with van der Waals surface area (Å²) in [6.45, 7) is 4.53. The van der Waals surface area contributed by atoms with Gasteiger partial charge in [-0.25, -0.2) is 4.39 Å². The minimum absolute atomic E-state index is 0.129. The number of carbonyl (C=O) groups is 1. The van der Waals surface area contributed by atoms with Crippen LogP contribution >= 0.6 is 0 Å². The summed E-state index contributed by atoms with van der Waals surface area (Å²) in [7, 11) is 1.46. The Hall–Kier alpha value is -3.18. The summed E-state index contributed by atoms with van der Waals surface area (Å²) in [5, 5.41) is 2.89. The van der Waals surface area contributed by atoms with Crippen molar-refractivity contribution in [1.29, 1.82) is 0 Å². The zero-order chi connectivity index (χ0) is 20.6. The van der Waals surface area contributed by atoms with Gasteiger partial charge >= 0.3 is 0 Å². The first-order valence-electron chi connectivity index (χ1n) is 9.70. The normalized spacial score (nSPS) is 11.7. The van der Waals surface area contributed by atoms with Crippen molar-refractivity contribution >= 4 is 11.6 Å². The third-order valence-electron chi connectivity index (χ3n) is 4.87. The Bertz CT molecular complexity index is 943. The number of carbonyl (C=O) groups excluding carboxylic acids is 1. The third kappa shape index (κ3) is 5.65. The molecular weight excluding hydrogens is 367 g/mol. The molecule has 2 N–H and O–H groups in total. The lowest BCUT2D eigenvalue weighted by Gasteiger charge is -2.18. The van der Waals surface area contributed by atoms with E-state index in [4.69, 9.17) is 4.74 Å². The van der Waals surface area contributed by atoms with Gasteiger partial charge in [-0.2, -0.15) is 0 Å². The van der Waals surface area contributed by atoms with E-state index in [1.807, 2.05) is 60.7 Å². The zero-order valence-corrected chi connectivity index (χ0v) is 16.7. The van der Waals surface area contributed by atoms with Crippen LogP contribution in [0.4, 0.5) is 10.1 Å². The Labute approximate surface area is 170 Å². The van der Waals surface area contributed by atoms with Gasteiger partial charge in [0, 0.05) is 22.4 Å². The molecule has 1 unspecified atom stereocenters. The summed E-state index contributed by atoms with van der Waals surface area (Å²) < 4.78 is 18.9. The second-order valence-corrected chi connectivity index (χ2v) is 6.94. The number of amides is 1. The highest BCUT2D eigenvalue weighted by molar-refractivity contribution is 6.04. The number of benzene rings is 3. The lowest BCUT2D eigenvalue weighted by molar-refractivity contribution is -0.925. The first kappa shape index (κ1) is 20.6. The molecule has 0 aliphatic carbocycles. The van der Waals surface area contributed by atoms with Crippen LogP contribution in [0.5, 0.6) is 5.75 Å². The molecule has 3 rings (SSSR count). The number of halogens is 1. The Morgan fingerprint density at radius 2 is 1.62 bits per heavy atom. The van der Waals surface area contributed by atoms with E-state index in [0.717, 1.165) is 29.9 Å². The molecule has 0 spiro atoms. The van der Waals surface area contributed by atoms with Crippen LogP contribution in [0.1, 0.15) is 28.4 Å². The molecular formula is C24H26FN2O2+. The zero-order valence-electron chi connectivity index (χ0n) is 16.7. The number of nitrogens with one attached hydrogen (secondary N) is 2. The number of hydrogen-bond donors (Lipinski definition) is 2. The van der Waals surface area contributed by atoms with Crippen molar-refractivity contribution in [3.05, 3.63) is 95.3 Å². The van der Waals surface area contributed by atoms with Gasteiger partial charge < -0.3 is 15.0 Å². The highest BCUT2D eigenvalue weighted by Crippen LogP contribution is 2.17. The molecule has 0 saturated carbocycles. The maximum atomic E-state index is 13.9. The Morgan fingerprint density at radius 1 is 0.966 bits per heavy atom. The quantitative estimate of drug-likeness (QED) is 0.613. The van der Waals surface area contributed by atoms with Crippen molar-refractivity contribution in [1.82, 2.24) is 0 Å². The molecule has 0 radical (unpaired) electrons. The molecule has 1 amide bonds. The van der Waals surface area contributed by atoms with Crippen molar-refractivity contribution in [2.45, 2.75) is 20.0 Å². The van der Waals surface area contributed by atoms with E-state index in [1.165, 1.54) is 18.1 Å². The maximum absolute atomic E-state index is 13.9. The number of para-hydroxylation sites is 1. The van der Waals surface area contributed by atoms with Gasteiger partial charge in [0.05, 0.1) is 13.7 Å². The summed E-state index contributed by atoms with van der Waals surface area (Å²) in [5.74, 6) is -0.207. The van der Waals surface area contributed by atoms with Gasteiger partial charge in [0.25, 0.3) is 5.91 Å². The number of rotatable bonds is 8. The topological polar surface area (TPSA) is 42.8 Å². The summed E-state index contributed by atoms with van der Waals surface area (Å²) in [6.07, 6.45) is 0. The molecule has 29 heavy (non-hydrogen) atoms. The van der Waals surface area contributed by atoms with Crippen molar-refractivity contribution in [3.63, 3.8) is 0 Å². The lowest BCUT2D eigenvalue weighted by Crippen LogP contribution is -3.09. The van der Waals surface area contributed by atoms with E-state index >= 15 is 0 Å². The average Bonchev–Trinajstić information content (AvgIpc) is 2.74. The SMILES string of the molecule is CC[NH+](Cc1ccc(C(=O)Nc2ccccc2)cc1)Cc1ccc(OC)c(F)c1. The summed E-state index contributed by atoms with van der Waals surface area (Å²) in [4.78, 5) is 13.7. The van der Waals surface area contributed by atoms with Crippen LogP contribution in [-0.4, -0.2) is 19.6 Å². The second-order valence-electron chi connectivity index (χ2n) is 6.94. The molecule has 0 aliphatic heterocycles. The van der Waals surface area contributed by atoms with E-state index in [2.05, 4.69) is 12.2 Å². The van der Waals surface area contributed by atoms with E-state index in [9.17, 15) is 9.18 Å². The molecule has 150 valence electrons. The first-order chi connectivity index (χ1) is 14.1. The van der Waals surface area contributed by atoms with E-state index in [-0.39, 0.29) is 17.5 Å². The highest BCUT2D eigenvalue weighted by atomic mass is 19.1. The number of methoxy groups -OCH3 is 1. The fourth-order valence-corrected chi connectivity index (χ4v) is 3.21. The number of hydrogen-bond acceptors (Lipinski definition) is 2. The molecule has 1 atom stereocenters. The average molecular weight is 393 g/mol. The van der Waals surface area contributed by atoms with Crippen LogP contribution in [0.2, 0.25) is 0 Å². The van der Waals surface area contributed by atoms with Crippen molar-refractivity contribution < 1.29 is 18.8 Å². The Kier molecular flexibility index (Phi) is 6.98. The largest absolute Gasteiger partial charge is 0.494 e. The molecule has 0 aromatic heterocycles. The molecule has 0 heterocycles. The highest BCUT2D eigenvalue weighted by Gasteiger charge is 2.12. The summed E-state index contributed by atoms with van der Waals surface area (Å²) in [5.41, 5.74) is 3.45. The van der Waals surface area contributed by atoms with Gasteiger partial charge in [-0.15, -0.1) is 0 Å². The van der Waals surface area contributed by atoms with Crippen LogP contribution in [0.15, 0.2) is 72.8 Å². The standard InChI is InChI=1S/C24H25FN2O2/c1-3-27(17-19-11-14-23(29-2)22(25)15-19)16-18-9-12-20(13-10-18)24(28)26-21-7-5-4-6-8-21/h4-15H,3,16-17H2,1-2H3,(H,26,28)/p+1. The van der Waals surface area contributed by atoms with Gasteiger partial charge in [-0.3, -0.25) is 4.79 Å². The van der Waals surface area contributed by atoms with Crippen LogP contribution < -0.4 is 15.0 Å². The number of anilines is 1. The maximum Gasteiger partial charge on any atom is 0.255 e. The van der Waals surface area contributed by atoms with E-state index in [0.29, 0.717) is 12.1 Å². The minimum atomic E-state index is -0.339. The van der Waals surface area contributed by atoms with Crippen molar-refractivity contribution in [2.24, 2.45) is 0 Å². The smallest absolute Gasteiger partial charge is 0.255 e. The molecule has 4 nitrogen and oxygen atoms in total. The fraction of sp³-hybridized carbons (Fsp3) is 0.208. The monoisotopic (exact) mass is 393 g/mol. The van der Waals surface area contributed by atoms with Gasteiger partial charge in [-0.1, -0.05) is 30.3 Å². The first-order valence-corrected chi connectivity index (χ1v) is 9.70. The van der Waals surface area contributed by atoms with E-state index < -0.39 is 0 Å². The van der Waals surface area contributed by atoms with Gasteiger partial charge in [0.2, 0.25) is 0 Å². The third-order valence-corrected chi connectivity index (χ3v) is 4.87. The summed E-state index contributed by atoms with van der Waals surface area (Å²) >= 11 is 0. The van der Waals surface area contributed by atoms with Gasteiger partial charge in [-0.05, 0) is 49.4 Å².